The first-order chi connectivity index (χ1) is 9.63. The molecule has 0 atom stereocenters. The molecule has 3 heterocycles. The van der Waals surface area contributed by atoms with E-state index in [9.17, 15) is 0 Å². The van der Waals surface area contributed by atoms with Gasteiger partial charge in [0.05, 0.1) is 0 Å². The smallest absolute Gasteiger partial charge is 0.0350 e. The van der Waals surface area contributed by atoms with Gasteiger partial charge in [-0.05, 0) is 57.7 Å². The van der Waals surface area contributed by atoms with Gasteiger partial charge in [0.25, 0.3) is 0 Å². The highest BCUT2D eigenvalue weighted by Crippen LogP contribution is 2.28. The molecule has 0 spiro atoms. The minimum absolute atomic E-state index is 0.868. The van der Waals surface area contributed by atoms with Crippen molar-refractivity contribution in [3.63, 3.8) is 0 Å². The van der Waals surface area contributed by atoms with Crippen LogP contribution in [0.3, 0.4) is 0 Å². The van der Waals surface area contributed by atoms with Crippen molar-refractivity contribution in [3.8, 4) is 0 Å². The third-order valence-electron chi connectivity index (χ3n) is 6.09. The number of piperidine rings is 2. The quantitative estimate of drug-likeness (QED) is 0.783. The summed E-state index contributed by atoms with van der Waals surface area (Å²) < 4.78 is 0. The van der Waals surface area contributed by atoms with E-state index in [-0.39, 0.29) is 0 Å². The van der Waals surface area contributed by atoms with E-state index >= 15 is 0 Å². The van der Waals surface area contributed by atoms with Gasteiger partial charge >= 0.3 is 0 Å². The Labute approximate surface area is 125 Å². The second-order valence-corrected chi connectivity index (χ2v) is 7.76. The van der Waals surface area contributed by atoms with Crippen molar-refractivity contribution in [2.24, 2.45) is 11.8 Å². The van der Waals surface area contributed by atoms with Crippen LogP contribution in [-0.2, 0) is 0 Å². The lowest BCUT2D eigenvalue weighted by Gasteiger charge is -2.48. The standard InChI is InChI=1S/C17H33N3/c1-14(2)15-4-8-19(9-5-15)16-6-10-20(11-7-16)17-12-18(3)13-17/h14-17H,4-13H2,1-3H3. The minimum atomic E-state index is 0.868. The van der Waals surface area contributed by atoms with Gasteiger partial charge in [0.2, 0.25) is 0 Å². The first-order valence-corrected chi connectivity index (χ1v) is 8.80. The zero-order valence-corrected chi connectivity index (χ0v) is 13.7. The lowest BCUT2D eigenvalue weighted by molar-refractivity contribution is 0.00904. The van der Waals surface area contributed by atoms with Gasteiger partial charge in [-0.15, -0.1) is 0 Å². The van der Waals surface area contributed by atoms with E-state index in [1.807, 2.05) is 0 Å². The van der Waals surface area contributed by atoms with Crippen LogP contribution < -0.4 is 0 Å². The van der Waals surface area contributed by atoms with Crippen LogP contribution >= 0.6 is 0 Å². The molecule has 3 fully saturated rings. The molecule has 0 bridgehead atoms. The summed E-state index contributed by atoms with van der Waals surface area (Å²) in [6, 6.07) is 1.75. The van der Waals surface area contributed by atoms with Crippen molar-refractivity contribution in [2.45, 2.75) is 51.6 Å². The Morgan fingerprint density at radius 2 is 1.25 bits per heavy atom. The van der Waals surface area contributed by atoms with Crippen molar-refractivity contribution in [1.29, 1.82) is 0 Å². The number of likely N-dealkylation sites (tertiary alicyclic amines) is 3. The van der Waals surface area contributed by atoms with Crippen molar-refractivity contribution in [2.75, 3.05) is 46.3 Å². The number of rotatable bonds is 3. The predicted molar refractivity (Wildman–Crippen MR) is 85.0 cm³/mol. The van der Waals surface area contributed by atoms with E-state index in [1.54, 1.807) is 0 Å². The van der Waals surface area contributed by atoms with E-state index in [1.165, 1.54) is 65.0 Å². The van der Waals surface area contributed by atoms with Gasteiger partial charge in [-0.25, -0.2) is 0 Å². The summed E-state index contributed by atoms with van der Waals surface area (Å²) >= 11 is 0. The lowest BCUT2D eigenvalue weighted by atomic mass is 9.85. The third-order valence-corrected chi connectivity index (χ3v) is 6.09. The number of hydrogen-bond acceptors (Lipinski definition) is 3. The fraction of sp³-hybridized carbons (Fsp3) is 1.00. The highest BCUT2D eigenvalue weighted by molar-refractivity contribution is 4.91. The van der Waals surface area contributed by atoms with Crippen LogP contribution in [0.2, 0.25) is 0 Å². The summed E-state index contributed by atoms with van der Waals surface area (Å²) in [5, 5.41) is 0. The molecule has 0 radical (unpaired) electrons. The predicted octanol–water partition coefficient (Wildman–Crippen LogP) is 2.13. The van der Waals surface area contributed by atoms with Gasteiger partial charge in [0.1, 0.15) is 0 Å². The third kappa shape index (κ3) is 3.20. The van der Waals surface area contributed by atoms with Crippen LogP contribution in [0.1, 0.15) is 39.5 Å². The zero-order valence-electron chi connectivity index (χ0n) is 13.7. The molecule has 0 aromatic rings. The molecule has 116 valence electrons. The van der Waals surface area contributed by atoms with Crippen LogP contribution in [0, 0.1) is 11.8 Å². The highest BCUT2D eigenvalue weighted by Gasteiger charge is 2.34. The molecule has 3 heteroatoms. The molecule has 0 N–H and O–H groups in total. The fourth-order valence-electron chi connectivity index (χ4n) is 4.46. The molecule has 0 unspecified atom stereocenters. The van der Waals surface area contributed by atoms with Crippen molar-refractivity contribution >= 4 is 0 Å². The maximum atomic E-state index is 2.81. The first kappa shape index (κ1) is 14.8. The molecule has 3 rings (SSSR count). The summed E-state index contributed by atoms with van der Waals surface area (Å²) in [4.78, 5) is 7.99. The van der Waals surface area contributed by atoms with Crippen molar-refractivity contribution in [1.82, 2.24) is 14.7 Å². The molecule has 0 saturated carbocycles. The summed E-state index contributed by atoms with van der Waals surface area (Å²) in [5.41, 5.74) is 0. The van der Waals surface area contributed by atoms with Gasteiger partial charge < -0.3 is 9.80 Å². The molecule has 3 saturated heterocycles. The molecule has 0 amide bonds. The summed E-state index contributed by atoms with van der Waals surface area (Å²) in [6.07, 6.45) is 5.69. The Morgan fingerprint density at radius 1 is 0.750 bits per heavy atom. The van der Waals surface area contributed by atoms with Gasteiger partial charge in [-0.3, -0.25) is 4.90 Å². The monoisotopic (exact) mass is 279 g/mol. The van der Waals surface area contributed by atoms with Crippen LogP contribution in [0.15, 0.2) is 0 Å². The second kappa shape index (κ2) is 6.33. The fourth-order valence-corrected chi connectivity index (χ4v) is 4.46. The Bertz CT molecular complexity index is 295. The van der Waals surface area contributed by atoms with E-state index in [0.29, 0.717) is 0 Å². The summed E-state index contributed by atoms with van der Waals surface area (Å²) in [6.45, 7) is 12.8. The maximum Gasteiger partial charge on any atom is 0.0350 e. The number of nitrogens with zero attached hydrogens (tertiary/aromatic N) is 3. The van der Waals surface area contributed by atoms with Crippen LogP contribution in [0.25, 0.3) is 0 Å². The molecule has 0 aromatic heterocycles. The van der Waals surface area contributed by atoms with E-state index in [2.05, 4.69) is 35.6 Å². The molecule has 3 aliphatic heterocycles. The molecular formula is C17H33N3. The lowest BCUT2D eigenvalue weighted by Crippen LogP contribution is -2.60. The Morgan fingerprint density at radius 3 is 1.75 bits per heavy atom. The first-order valence-electron chi connectivity index (χ1n) is 8.80. The summed E-state index contributed by atoms with van der Waals surface area (Å²) in [5.74, 6) is 1.87. The van der Waals surface area contributed by atoms with Gasteiger partial charge in [-0.1, -0.05) is 13.8 Å². The topological polar surface area (TPSA) is 9.72 Å². The van der Waals surface area contributed by atoms with Crippen LogP contribution in [0.5, 0.6) is 0 Å². The molecule has 3 nitrogen and oxygen atoms in total. The van der Waals surface area contributed by atoms with Gasteiger partial charge in [-0.2, -0.15) is 0 Å². The largest absolute Gasteiger partial charge is 0.303 e. The van der Waals surface area contributed by atoms with Crippen molar-refractivity contribution < 1.29 is 0 Å². The van der Waals surface area contributed by atoms with Crippen LogP contribution in [-0.4, -0.2) is 73.1 Å². The molecular weight excluding hydrogens is 246 g/mol. The SMILES string of the molecule is CC(C)C1CCN(C2CCN(C3CN(C)C3)CC2)CC1. The Kier molecular flexibility index (Phi) is 4.68. The van der Waals surface area contributed by atoms with Crippen molar-refractivity contribution in [3.05, 3.63) is 0 Å². The highest BCUT2D eigenvalue weighted by atomic mass is 15.3. The van der Waals surface area contributed by atoms with E-state index < -0.39 is 0 Å². The second-order valence-electron chi connectivity index (χ2n) is 7.76. The number of likely N-dealkylation sites (N-methyl/N-ethyl adjacent to an activating group) is 1. The van der Waals surface area contributed by atoms with Gasteiger partial charge in [0.15, 0.2) is 0 Å². The normalized spacial score (nSPS) is 30.0. The molecule has 3 aliphatic rings. The zero-order chi connectivity index (χ0) is 14.1. The van der Waals surface area contributed by atoms with Gasteiger partial charge in [0, 0.05) is 38.3 Å². The number of hydrogen-bond donors (Lipinski definition) is 0. The molecule has 0 aliphatic carbocycles. The summed E-state index contributed by atoms with van der Waals surface area (Å²) in [7, 11) is 2.24. The molecule has 20 heavy (non-hydrogen) atoms. The van der Waals surface area contributed by atoms with Crippen LogP contribution in [0.4, 0.5) is 0 Å². The minimum Gasteiger partial charge on any atom is -0.303 e. The average molecular weight is 279 g/mol. The van der Waals surface area contributed by atoms with E-state index in [4.69, 9.17) is 0 Å². The van der Waals surface area contributed by atoms with E-state index in [0.717, 1.165) is 23.9 Å². The Balaban J connectivity index is 1.40. The molecule has 0 aromatic carbocycles. The Hall–Kier alpha value is -0.120. The average Bonchev–Trinajstić information content (AvgIpc) is 2.44. The maximum absolute atomic E-state index is 2.81.